The van der Waals surface area contributed by atoms with Crippen LogP contribution in [0.1, 0.15) is 57.6 Å². The molecule has 1 N–H and O–H groups in total. The van der Waals surface area contributed by atoms with Gasteiger partial charge in [0.15, 0.2) is 0 Å². The molecule has 0 radical (unpaired) electrons. The molecule has 1 heterocycles. The molecular weight excluding hydrogens is 272 g/mol. The second-order valence-electron chi connectivity index (χ2n) is 6.77. The summed E-state index contributed by atoms with van der Waals surface area (Å²) in [6.07, 6.45) is 6.19. The minimum Gasteiger partial charge on any atom is -0.487 e. The van der Waals surface area contributed by atoms with E-state index in [1.54, 1.807) is 0 Å². The zero-order valence-corrected chi connectivity index (χ0v) is 14.1. The smallest absolute Gasteiger partial charge is 0.124 e. The number of ether oxygens (including phenoxy) is 1. The summed E-state index contributed by atoms with van der Waals surface area (Å²) in [5.41, 5.74) is 1.45. The van der Waals surface area contributed by atoms with Crippen molar-refractivity contribution in [2.75, 3.05) is 26.2 Å². The predicted octanol–water partition coefficient (Wildman–Crippen LogP) is 3.75. The van der Waals surface area contributed by atoms with Crippen LogP contribution in [-0.4, -0.2) is 36.7 Å². The van der Waals surface area contributed by atoms with E-state index in [4.69, 9.17) is 4.74 Å². The second-order valence-corrected chi connectivity index (χ2v) is 6.77. The summed E-state index contributed by atoms with van der Waals surface area (Å²) in [5.74, 6) is 1.11. The monoisotopic (exact) mass is 302 g/mol. The Balaban J connectivity index is 1.69. The fraction of sp³-hybridized carbons (Fsp3) is 0.684. The Morgan fingerprint density at radius 2 is 1.91 bits per heavy atom. The molecule has 1 aliphatic carbocycles. The number of nitrogens with zero attached hydrogens (tertiary/aromatic N) is 1. The first-order chi connectivity index (χ1) is 10.8. The SMILES string of the molecule is CCN(CC)CCNC1CC2(CCCC2)Oc2ccccc21. The van der Waals surface area contributed by atoms with Gasteiger partial charge in [0, 0.05) is 31.1 Å². The quantitative estimate of drug-likeness (QED) is 0.866. The lowest BCUT2D eigenvalue weighted by Crippen LogP contribution is -2.43. The van der Waals surface area contributed by atoms with Gasteiger partial charge in [0.2, 0.25) is 0 Å². The van der Waals surface area contributed by atoms with Gasteiger partial charge in [-0.15, -0.1) is 0 Å². The van der Waals surface area contributed by atoms with E-state index in [0.717, 1.165) is 38.3 Å². The van der Waals surface area contributed by atoms with Crippen LogP contribution >= 0.6 is 0 Å². The Hall–Kier alpha value is -1.06. The molecule has 0 bridgehead atoms. The molecule has 1 fully saturated rings. The minimum absolute atomic E-state index is 0.0984. The highest BCUT2D eigenvalue weighted by Gasteiger charge is 2.42. The molecular formula is C19H30N2O. The Kier molecular flexibility index (Phi) is 5.04. The number of para-hydroxylation sites is 1. The van der Waals surface area contributed by atoms with Gasteiger partial charge >= 0.3 is 0 Å². The van der Waals surface area contributed by atoms with Crippen LogP contribution in [0.15, 0.2) is 24.3 Å². The number of rotatable bonds is 6. The summed E-state index contributed by atoms with van der Waals surface area (Å²) in [7, 11) is 0. The van der Waals surface area contributed by atoms with Gasteiger partial charge in [0.25, 0.3) is 0 Å². The van der Waals surface area contributed by atoms with Gasteiger partial charge in [-0.05, 0) is 44.8 Å². The first-order valence-electron chi connectivity index (χ1n) is 9.00. The Morgan fingerprint density at radius 3 is 2.64 bits per heavy atom. The normalized spacial score (nSPS) is 22.8. The van der Waals surface area contributed by atoms with Crippen molar-refractivity contribution < 1.29 is 4.74 Å². The van der Waals surface area contributed by atoms with Crippen molar-refractivity contribution in [1.82, 2.24) is 10.2 Å². The van der Waals surface area contributed by atoms with E-state index in [1.165, 1.54) is 31.2 Å². The van der Waals surface area contributed by atoms with Gasteiger partial charge < -0.3 is 15.0 Å². The molecule has 1 aromatic rings. The number of benzene rings is 1. The lowest BCUT2D eigenvalue weighted by molar-refractivity contribution is 0.0364. The minimum atomic E-state index is 0.0984. The highest BCUT2D eigenvalue weighted by atomic mass is 16.5. The Morgan fingerprint density at radius 1 is 1.18 bits per heavy atom. The van der Waals surface area contributed by atoms with Gasteiger partial charge in [-0.1, -0.05) is 32.0 Å². The molecule has 1 spiro atoms. The predicted molar refractivity (Wildman–Crippen MR) is 91.4 cm³/mol. The summed E-state index contributed by atoms with van der Waals surface area (Å²) >= 11 is 0. The van der Waals surface area contributed by atoms with E-state index in [2.05, 4.69) is 48.3 Å². The van der Waals surface area contributed by atoms with Crippen LogP contribution in [0, 0.1) is 0 Å². The maximum absolute atomic E-state index is 6.43. The number of likely N-dealkylation sites (N-methyl/N-ethyl adjacent to an activating group) is 1. The van der Waals surface area contributed by atoms with E-state index in [1.807, 2.05) is 0 Å². The molecule has 0 amide bonds. The Bertz CT molecular complexity index is 478. The molecule has 0 aromatic heterocycles. The van der Waals surface area contributed by atoms with E-state index in [9.17, 15) is 0 Å². The van der Waals surface area contributed by atoms with Crippen LogP contribution < -0.4 is 10.1 Å². The van der Waals surface area contributed by atoms with Crippen LogP contribution in [0.25, 0.3) is 0 Å². The molecule has 1 saturated carbocycles. The molecule has 1 atom stereocenters. The van der Waals surface area contributed by atoms with Crippen molar-refractivity contribution in [1.29, 1.82) is 0 Å². The molecule has 3 nitrogen and oxygen atoms in total. The molecule has 1 unspecified atom stereocenters. The maximum Gasteiger partial charge on any atom is 0.124 e. The van der Waals surface area contributed by atoms with Gasteiger partial charge in [0.1, 0.15) is 11.4 Å². The maximum atomic E-state index is 6.43. The number of hydrogen-bond acceptors (Lipinski definition) is 3. The fourth-order valence-electron chi connectivity index (χ4n) is 4.06. The third-order valence-corrected chi connectivity index (χ3v) is 5.43. The average Bonchev–Trinajstić information content (AvgIpc) is 2.99. The summed E-state index contributed by atoms with van der Waals surface area (Å²) in [6, 6.07) is 9.05. The van der Waals surface area contributed by atoms with Crippen LogP contribution in [0.3, 0.4) is 0 Å². The van der Waals surface area contributed by atoms with Crippen molar-refractivity contribution in [2.24, 2.45) is 0 Å². The molecule has 122 valence electrons. The molecule has 1 aromatic carbocycles. The van der Waals surface area contributed by atoms with E-state index in [0.29, 0.717) is 6.04 Å². The third-order valence-electron chi connectivity index (χ3n) is 5.43. The van der Waals surface area contributed by atoms with Crippen molar-refractivity contribution in [3.63, 3.8) is 0 Å². The second kappa shape index (κ2) is 7.01. The summed E-state index contributed by atoms with van der Waals surface area (Å²) in [4.78, 5) is 2.48. The number of hydrogen-bond donors (Lipinski definition) is 1. The number of nitrogens with one attached hydrogen (secondary N) is 1. The molecule has 3 heteroatoms. The van der Waals surface area contributed by atoms with E-state index < -0.39 is 0 Å². The zero-order chi connectivity index (χ0) is 15.4. The van der Waals surface area contributed by atoms with Crippen LogP contribution in [0.2, 0.25) is 0 Å². The molecule has 3 rings (SSSR count). The first-order valence-corrected chi connectivity index (χ1v) is 9.00. The van der Waals surface area contributed by atoms with Crippen LogP contribution in [0.5, 0.6) is 5.75 Å². The fourth-order valence-corrected chi connectivity index (χ4v) is 4.06. The van der Waals surface area contributed by atoms with E-state index in [-0.39, 0.29) is 5.60 Å². The van der Waals surface area contributed by atoms with E-state index >= 15 is 0 Å². The standard InChI is InChI=1S/C19H30N2O/c1-3-21(4-2)14-13-20-17-15-19(11-7-8-12-19)22-18-10-6-5-9-16(17)18/h5-6,9-10,17,20H,3-4,7-8,11-15H2,1-2H3. The van der Waals surface area contributed by atoms with Crippen LogP contribution in [0.4, 0.5) is 0 Å². The van der Waals surface area contributed by atoms with Crippen molar-refractivity contribution in [3.8, 4) is 5.75 Å². The topological polar surface area (TPSA) is 24.5 Å². The average molecular weight is 302 g/mol. The zero-order valence-electron chi connectivity index (χ0n) is 14.1. The lowest BCUT2D eigenvalue weighted by atomic mass is 9.86. The van der Waals surface area contributed by atoms with Gasteiger partial charge in [0.05, 0.1) is 0 Å². The highest BCUT2D eigenvalue weighted by molar-refractivity contribution is 5.39. The summed E-state index contributed by atoms with van der Waals surface area (Å²) in [6.45, 7) is 8.91. The summed E-state index contributed by atoms with van der Waals surface area (Å²) in [5, 5.41) is 3.81. The lowest BCUT2D eigenvalue weighted by Gasteiger charge is -2.40. The highest BCUT2D eigenvalue weighted by Crippen LogP contribution is 2.46. The molecule has 0 saturated heterocycles. The Labute approximate surface area is 135 Å². The third kappa shape index (κ3) is 3.31. The number of fused-ring (bicyclic) bond motifs is 1. The molecule has 1 aliphatic heterocycles. The van der Waals surface area contributed by atoms with Gasteiger partial charge in [-0.25, -0.2) is 0 Å². The molecule has 22 heavy (non-hydrogen) atoms. The van der Waals surface area contributed by atoms with Crippen LogP contribution in [-0.2, 0) is 0 Å². The largest absolute Gasteiger partial charge is 0.487 e. The first kappa shape index (κ1) is 15.8. The summed E-state index contributed by atoms with van der Waals surface area (Å²) < 4.78 is 6.43. The van der Waals surface area contributed by atoms with Gasteiger partial charge in [-0.3, -0.25) is 0 Å². The van der Waals surface area contributed by atoms with Crippen molar-refractivity contribution >= 4 is 0 Å². The van der Waals surface area contributed by atoms with Gasteiger partial charge in [-0.2, -0.15) is 0 Å². The van der Waals surface area contributed by atoms with Crippen molar-refractivity contribution in [3.05, 3.63) is 29.8 Å². The van der Waals surface area contributed by atoms with Crippen molar-refractivity contribution in [2.45, 2.75) is 57.6 Å². The molecule has 2 aliphatic rings.